The van der Waals surface area contributed by atoms with Crippen molar-refractivity contribution in [3.8, 4) is 0 Å². The van der Waals surface area contributed by atoms with Crippen LogP contribution in [-0.4, -0.2) is 77.0 Å². The van der Waals surface area contributed by atoms with Crippen LogP contribution in [0, 0.1) is 12.8 Å². The summed E-state index contributed by atoms with van der Waals surface area (Å²) in [6.07, 6.45) is 1.56. The highest BCUT2D eigenvalue weighted by Crippen LogP contribution is 2.31. The normalized spacial score (nSPS) is 26.7. The summed E-state index contributed by atoms with van der Waals surface area (Å²) in [7, 11) is 4.08. The number of hydrogen-bond acceptors (Lipinski definition) is 5. The summed E-state index contributed by atoms with van der Waals surface area (Å²) in [5.41, 5.74) is 0.669. The van der Waals surface area contributed by atoms with Gasteiger partial charge in [0.25, 0.3) is 5.91 Å². The van der Waals surface area contributed by atoms with E-state index >= 15 is 0 Å². The second-order valence-electron chi connectivity index (χ2n) is 7.93. The van der Waals surface area contributed by atoms with E-state index in [2.05, 4.69) is 23.9 Å². The van der Waals surface area contributed by atoms with Crippen molar-refractivity contribution in [3.63, 3.8) is 0 Å². The molecule has 7 heteroatoms. The maximum absolute atomic E-state index is 13.1. The van der Waals surface area contributed by atoms with Crippen LogP contribution in [0.25, 0.3) is 0 Å². The first-order chi connectivity index (χ1) is 11.8. The molecule has 0 saturated carbocycles. The lowest BCUT2D eigenvalue weighted by molar-refractivity contribution is -0.142. The number of rotatable bonds is 4. The van der Waals surface area contributed by atoms with Crippen molar-refractivity contribution >= 4 is 11.8 Å². The van der Waals surface area contributed by atoms with Crippen LogP contribution >= 0.6 is 0 Å². The zero-order valence-corrected chi connectivity index (χ0v) is 15.7. The van der Waals surface area contributed by atoms with E-state index in [9.17, 15) is 9.59 Å². The number of nitrogens with zero attached hydrogens (tertiary/aromatic N) is 4. The van der Waals surface area contributed by atoms with E-state index in [1.807, 2.05) is 19.0 Å². The standard InChI is InChI=1S/C18H28N4O3/c1-11(2)6-15-17(23)21-9-13(20(4)5)8-14(21)10-22(15)18(24)16-7-12(3)19-25-16/h7,11,13-15H,6,8-10H2,1-5H3/t13-,14-,15-/m0/s1. The highest BCUT2D eigenvalue weighted by Gasteiger charge is 2.47. The molecule has 3 rings (SSSR count). The summed E-state index contributed by atoms with van der Waals surface area (Å²) >= 11 is 0. The molecular weight excluding hydrogens is 320 g/mol. The molecule has 3 heterocycles. The van der Waals surface area contributed by atoms with E-state index in [1.54, 1.807) is 17.9 Å². The quantitative estimate of drug-likeness (QED) is 0.822. The molecule has 0 radical (unpaired) electrons. The number of aryl methyl sites for hydroxylation is 1. The minimum Gasteiger partial charge on any atom is -0.351 e. The van der Waals surface area contributed by atoms with Crippen LogP contribution in [0.3, 0.4) is 0 Å². The second kappa shape index (κ2) is 6.78. The second-order valence-corrected chi connectivity index (χ2v) is 7.93. The van der Waals surface area contributed by atoms with Gasteiger partial charge in [0.15, 0.2) is 0 Å². The molecule has 0 aliphatic carbocycles. The largest absolute Gasteiger partial charge is 0.351 e. The number of fused-ring (bicyclic) bond motifs is 1. The summed E-state index contributed by atoms with van der Waals surface area (Å²) in [6, 6.07) is 1.64. The third-order valence-electron chi connectivity index (χ3n) is 5.27. The van der Waals surface area contributed by atoms with Gasteiger partial charge >= 0.3 is 0 Å². The molecule has 7 nitrogen and oxygen atoms in total. The van der Waals surface area contributed by atoms with Gasteiger partial charge < -0.3 is 19.2 Å². The zero-order chi connectivity index (χ0) is 18.3. The fourth-order valence-electron chi connectivity index (χ4n) is 3.89. The van der Waals surface area contributed by atoms with Gasteiger partial charge in [0, 0.05) is 25.2 Å². The Bertz CT molecular complexity index is 655. The third-order valence-corrected chi connectivity index (χ3v) is 5.27. The van der Waals surface area contributed by atoms with Crippen LogP contribution in [0.2, 0.25) is 0 Å². The Morgan fingerprint density at radius 1 is 1.40 bits per heavy atom. The average Bonchev–Trinajstić information content (AvgIpc) is 3.15. The predicted molar refractivity (Wildman–Crippen MR) is 93.1 cm³/mol. The molecule has 0 unspecified atom stereocenters. The smallest absolute Gasteiger partial charge is 0.293 e. The molecule has 1 aromatic heterocycles. The molecular formula is C18H28N4O3. The van der Waals surface area contributed by atoms with E-state index < -0.39 is 6.04 Å². The number of amides is 2. The third kappa shape index (κ3) is 3.42. The van der Waals surface area contributed by atoms with E-state index in [0.29, 0.717) is 30.6 Å². The molecule has 2 fully saturated rings. The van der Waals surface area contributed by atoms with E-state index in [0.717, 1.165) is 13.0 Å². The first-order valence-electron chi connectivity index (χ1n) is 8.99. The van der Waals surface area contributed by atoms with Crippen LogP contribution in [0.15, 0.2) is 10.6 Å². The van der Waals surface area contributed by atoms with Gasteiger partial charge in [-0.3, -0.25) is 9.59 Å². The zero-order valence-electron chi connectivity index (χ0n) is 15.7. The minimum absolute atomic E-state index is 0.0684. The van der Waals surface area contributed by atoms with Crippen molar-refractivity contribution in [2.45, 2.75) is 51.7 Å². The summed E-state index contributed by atoms with van der Waals surface area (Å²) < 4.78 is 5.16. The molecule has 2 saturated heterocycles. The number of hydrogen-bond donors (Lipinski definition) is 0. The minimum atomic E-state index is -0.421. The van der Waals surface area contributed by atoms with Gasteiger partial charge in [-0.15, -0.1) is 0 Å². The molecule has 25 heavy (non-hydrogen) atoms. The van der Waals surface area contributed by atoms with Crippen molar-refractivity contribution in [2.75, 3.05) is 27.2 Å². The molecule has 2 aliphatic rings. The van der Waals surface area contributed by atoms with Gasteiger partial charge in [-0.1, -0.05) is 19.0 Å². The molecule has 0 N–H and O–H groups in total. The van der Waals surface area contributed by atoms with Crippen molar-refractivity contribution in [1.82, 2.24) is 19.9 Å². The van der Waals surface area contributed by atoms with Gasteiger partial charge in [-0.05, 0) is 39.8 Å². The predicted octanol–water partition coefficient (Wildman–Crippen LogP) is 1.38. The highest BCUT2D eigenvalue weighted by atomic mass is 16.5. The van der Waals surface area contributed by atoms with Gasteiger partial charge in [0.1, 0.15) is 6.04 Å². The Hall–Kier alpha value is -1.89. The average molecular weight is 348 g/mol. The van der Waals surface area contributed by atoms with Crippen LogP contribution in [0.5, 0.6) is 0 Å². The van der Waals surface area contributed by atoms with Gasteiger partial charge in [-0.2, -0.15) is 0 Å². The number of likely N-dealkylation sites (N-methyl/N-ethyl adjacent to an activating group) is 1. The Labute approximate surface area is 148 Å². The van der Waals surface area contributed by atoms with Crippen LogP contribution in [0.4, 0.5) is 0 Å². The lowest BCUT2D eigenvalue weighted by atomic mass is 9.97. The molecule has 0 spiro atoms. The Kier molecular flexibility index (Phi) is 4.86. The van der Waals surface area contributed by atoms with Gasteiger partial charge in [0.05, 0.1) is 11.7 Å². The topological polar surface area (TPSA) is 69.9 Å². The number of piperazine rings is 1. The van der Waals surface area contributed by atoms with Crippen molar-refractivity contribution in [1.29, 1.82) is 0 Å². The Balaban J connectivity index is 1.87. The summed E-state index contributed by atoms with van der Waals surface area (Å²) in [5, 5.41) is 3.81. The Morgan fingerprint density at radius 3 is 2.68 bits per heavy atom. The maximum atomic E-state index is 13.1. The number of carbonyl (C=O) groups is 2. The molecule has 0 aromatic carbocycles. The summed E-state index contributed by atoms with van der Waals surface area (Å²) in [6.45, 7) is 7.24. The fourth-order valence-corrected chi connectivity index (χ4v) is 3.89. The molecule has 0 bridgehead atoms. The van der Waals surface area contributed by atoms with E-state index in [1.165, 1.54) is 0 Å². The first-order valence-corrected chi connectivity index (χ1v) is 8.99. The van der Waals surface area contributed by atoms with Crippen LogP contribution in [0.1, 0.15) is 42.9 Å². The fraction of sp³-hybridized carbons (Fsp3) is 0.722. The van der Waals surface area contributed by atoms with E-state index in [-0.39, 0.29) is 23.6 Å². The van der Waals surface area contributed by atoms with Crippen molar-refractivity contribution < 1.29 is 14.1 Å². The highest BCUT2D eigenvalue weighted by molar-refractivity contribution is 5.96. The summed E-state index contributed by atoms with van der Waals surface area (Å²) in [5.74, 6) is 0.380. The number of aromatic nitrogens is 1. The lowest BCUT2D eigenvalue weighted by Crippen LogP contribution is -2.61. The lowest BCUT2D eigenvalue weighted by Gasteiger charge is -2.43. The molecule has 138 valence electrons. The van der Waals surface area contributed by atoms with Gasteiger partial charge in [0.2, 0.25) is 11.7 Å². The molecule has 3 atom stereocenters. The van der Waals surface area contributed by atoms with Gasteiger partial charge in [-0.25, -0.2) is 0 Å². The van der Waals surface area contributed by atoms with Crippen LogP contribution in [-0.2, 0) is 4.79 Å². The molecule has 2 amide bonds. The number of carbonyl (C=O) groups excluding carboxylic acids is 2. The van der Waals surface area contributed by atoms with Crippen molar-refractivity contribution in [2.24, 2.45) is 5.92 Å². The van der Waals surface area contributed by atoms with Crippen LogP contribution < -0.4 is 0 Å². The molecule has 1 aromatic rings. The Morgan fingerprint density at radius 2 is 2.12 bits per heavy atom. The maximum Gasteiger partial charge on any atom is 0.293 e. The van der Waals surface area contributed by atoms with Crippen molar-refractivity contribution in [3.05, 3.63) is 17.5 Å². The first kappa shape index (κ1) is 17.9. The SMILES string of the molecule is Cc1cc(C(=O)N2C[C@@H]3C[C@H](N(C)C)CN3C(=O)[C@@H]2CC(C)C)on1. The van der Waals surface area contributed by atoms with E-state index in [4.69, 9.17) is 4.52 Å². The summed E-state index contributed by atoms with van der Waals surface area (Å²) in [4.78, 5) is 31.9. The molecule has 2 aliphatic heterocycles. The monoisotopic (exact) mass is 348 g/mol.